The van der Waals surface area contributed by atoms with E-state index in [0.29, 0.717) is 30.5 Å². The average Bonchev–Trinajstić information content (AvgIpc) is 2.78. The normalized spacial score (nSPS) is 12.9. The number of carbonyl (C=O) groups is 1. The molecule has 0 saturated heterocycles. The van der Waals surface area contributed by atoms with Crippen LogP contribution in [0.4, 0.5) is 49.6 Å². The Balaban J connectivity index is 2.02. The van der Waals surface area contributed by atoms with E-state index in [4.69, 9.17) is 0 Å². The number of halogens is 10. The summed E-state index contributed by atoms with van der Waals surface area (Å²) in [5, 5.41) is 1.76. The highest BCUT2D eigenvalue weighted by Gasteiger charge is 2.64. The smallest absolute Gasteiger partial charge is 0.319 e. The third kappa shape index (κ3) is 5.90. The summed E-state index contributed by atoms with van der Waals surface area (Å²) in [5.41, 5.74) is -4.57. The van der Waals surface area contributed by atoms with Gasteiger partial charge in [0.1, 0.15) is 0 Å². The summed E-state index contributed by atoms with van der Waals surface area (Å²) in [6.45, 7) is 0. The molecule has 3 rings (SSSR count). The Bertz CT molecular complexity index is 1230. The Labute approximate surface area is 194 Å². The largest absolute Gasteiger partial charge is 0.483 e. The van der Waals surface area contributed by atoms with Gasteiger partial charge in [0.15, 0.2) is 11.5 Å². The molecule has 0 unspecified atom stereocenters. The van der Waals surface area contributed by atoms with Gasteiger partial charge >= 0.3 is 24.6 Å². The van der Waals surface area contributed by atoms with E-state index in [9.17, 15) is 48.7 Å². The lowest BCUT2D eigenvalue weighted by Gasteiger charge is -2.26. The van der Waals surface area contributed by atoms with Gasteiger partial charge in [-0.3, -0.25) is 4.79 Å². The van der Waals surface area contributed by atoms with Gasteiger partial charge in [-0.1, -0.05) is 30.3 Å². The zero-order valence-corrected chi connectivity index (χ0v) is 17.3. The number of carbonyl (C=O) groups excluding carboxylic acids is 1. The van der Waals surface area contributed by atoms with Gasteiger partial charge in [0.2, 0.25) is 0 Å². The fraction of sp³-hybridized carbons (Fsp3) is 0.190. The summed E-state index contributed by atoms with van der Waals surface area (Å²) in [6.07, 6.45) is -22.5. The maximum Gasteiger partial charge on any atom is 0.483 e. The summed E-state index contributed by atoms with van der Waals surface area (Å²) >= 11 is 0. The number of nitrogens with one attached hydrogen (secondary N) is 1. The fourth-order valence-corrected chi connectivity index (χ4v) is 2.69. The maximum absolute atomic E-state index is 14.6. The van der Waals surface area contributed by atoms with E-state index in [1.165, 1.54) is 30.3 Å². The zero-order valence-electron chi connectivity index (χ0n) is 17.3. The van der Waals surface area contributed by atoms with Crippen LogP contribution in [0.15, 0.2) is 60.8 Å². The third-order valence-electron chi connectivity index (χ3n) is 4.41. The Hall–Kier alpha value is -3.75. The van der Waals surface area contributed by atoms with Crippen LogP contribution in [0.5, 0.6) is 0 Å². The summed E-state index contributed by atoms with van der Waals surface area (Å²) in [7, 11) is 0. The van der Waals surface area contributed by atoms with Gasteiger partial charge in [0, 0.05) is 11.1 Å². The minimum atomic E-state index is -6.52. The van der Waals surface area contributed by atoms with E-state index in [2.05, 4.69) is 14.7 Å². The zero-order chi connectivity index (χ0) is 26.9. The molecule has 1 aromatic heterocycles. The molecule has 2 aromatic carbocycles. The Kier molecular flexibility index (Phi) is 6.99. The number of anilines is 1. The van der Waals surface area contributed by atoms with E-state index in [1.807, 2.05) is 0 Å². The Morgan fingerprint density at radius 2 is 1.39 bits per heavy atom. The van der Waals surface area contributed by atoms with Crippen molar-refractivity contribution >= 4 is 11.6 Å². The number of amides is 1. The van der Waals surface area contributed by atoms with E-state index in [-0.39, 0.29) is 5.56 Å². The molecule has 0 saturated carbocycles. The highest BCUT2D eigenvalue weighted by Crippen LogP contribution is 2.45. The first kappa shape index (κ1) is 26.8. The number of hydrogen-bond acceptors (Lipinski definition) is 4. The number of rotatable bonds is 6. The molecule has 192 valence electrons. The van der Waals surface area contributed by atoms with Crippen molar-refractivity contribution in [1.29, 1.82) is 0 Å². The van der Waals surface area contributed by atoms with Crippen LogP contribution in [0.3, 0.4) is 0 Å². The number of benzene rings is 2. The summed E-state index contributed by atoms with van der Waals surface area (Å²) in [6, 6.07) is 9.36. The molecular weight excluding hydrogens is 516 g/mol. The van der Waals surface area contributed by atoms with Crippen LogP contribution in [0.25, 0.3) is 11.4 Å². The van der Waals surface area contributed by atoms with Crippen molar-refractivity contribution in [2.45, 2.75) is 24.6 Å². The molecule has 0 aliphatic rings. The number of nitrogens with zero attached hydrogens (tertiary/aromatic N) is 2. The first-order chi connectivity index (χ1) is 16.5. The first-order valence-electron chi connectivity index (χ1n) is 9.45. The summed E-state index contributed by atoms with van der Waals surface area (Å²) in [4.78, 5) is 19.4. The number of alkyl halides is 10. The van der Waals surface area contributed by atoms with Crippen LogP contribution in [0, 0.1) is 0 Å². The van der Waals surface area contributed by atoms with Crippen LogP contribution in [-0.2, 0) is 17.0 Å². The lowest BCUT2D eigenvalue weighted by Crippen LogP contribution is -2.44. The Morgan fingerprint density at radius 3 is 1.92 bits per heavy atom. The van der Waals surface area contributed by atoms with Gasteiger partial charge in [-0.15, -0.1) is 0 Å². The van der Waals surface area contributed by atoms with Crippen LogP contribution in [0.1, 0.15) is 21.6 Å². The van der Waals surface area contributed by atoms with E-state index < -0.39 is 58.8 Å². The van der Waals surface area contributed by atoms with Gasteiger partial charge in [-0.05, 0) is 24.3 Å². The minimum absolute atomic E-state index is 0.0535. The lowest BCUT2D eigenvalue weighted by atomic mass is 10.1. The van der Waals surface area contributed by atoms with Gasteiger partial charge < -0.3 is 5.32 Å². The number of aromatic nitrogens is 2. The molecule has 0 aliphatic carbocycles. The van der Waals surface area contributed by atoms with E-state index in [0.717, 1.165) is 0 Å². The third-order valence-corrected chi connectivity index (χ3v) is 4.41. The molecule has 15 heteroatoms. The molecule has 1 N–H and O–H groups in total. The topological polar surface area (TPSA) is 64.1 Å². The molecule has 3 aromatic rings. The van der Waals surface area contributed by atoms with Crippen molar-refractivity contribution in [1.82, 2.24) is 9.97 Å². The van der Waals surface area contributed by atoms with Crippen LogP contribution >= 0.6 is 0 Å². The Morgan fingerprint density at radius 1 is 0.806 bits per heavy atom. The predicted molar refractivity (Wildman–Crippen MR) is 103 cm³/mol. The molecule has 0 atom stereocenters. The molecule has 5 nitrogen and oxygen atoms in total. The molecule has 0 bridgehead atoms. The standard InChI is InChI=1S/C21H11F10N3O2/c22-18(23,24)13-8-6-12(7-9-13)17(35)33-14-10-32-16(11-4-2-1-3-5-11)34-15(14)19(25,26)36-21(30,31)20(27,28)29/h1-10H,(H,33,35). The molecule has 0 fully saturated rings. The van der Waals surface area contributed by atoms with Crippen molar-refractivity contribution < 1.29 is 53.4 Å². The molecule has 1 heterocycles. The predicted octanol–water partition coefficient (Wildman–Crippen LogP) is 6.64. The first-order valence-corrected chi connectivity index (χ1v) is 9.45. The van der Waals surface area contributed by atoms with E-state index in [1.54, 1.807) is 5.32 Å². The fourth-order valence-electron chi connectivity index (χ4n) is 2.69. The number of hydrogen-bond donors (Lipinski definition) is 1. The quantitative estimate of drug-likeness (QED) is 0.366. The molecule has 1 amide bonds. The second-order valence-electron chi connectivity index (χ2n) is 6.98. The number of ether oxygens (including phenoxy) is 1. The van der Waals surface area contributed by atoms with Crippen LogP contribution in [0.2, 0.25) is 0 Å². The minimum Gasteiger partial charge on any atom is -0.319 e. The summed E-state index contributed by atoms with van der Waals surface area (Å²) in [5.74, 6) is -1.86. The molecule has 0 spiro atoms. The van der Waals surface area contributed by atoms with E-state index >= 15 is 0 Å². The highest BCUT2D eigenvalue weighted by atomic mass is 19.4. The second-order valence-corrected chi connectivity index (χ2v) is 6.98. The average molecular weight is 527 g/mol. The van der Waals surface area contributed by atoms with Crippen LogP contribution in [-0.4, -0.2) is 28.2 Å². The van der Waals surface area contributed by atoms with Gasteiger partial charge in [0.25, 0.3) is 5.91 Å². The van der Waals surface area contributed by atoms with Crippen molar-refractivity contribution in [2.75, 3.05) is 5.32 Å². The molecule has 0 radical (unpaired) electrons. The maximum atomic E-state index is 14.6. The van der Waals surface area contributed by atoms with Crippen molar-refractivity contribution in [2.24, 2.45) is 0 Å². The van der Waals surface area contributed by atoms with Crippen molar-refractivity contribution in [3.05, 3.63) is 77.6 Å². The summed E-state index contributed by atoms with van der Waals surface area (Å²) < 4.78 is 134. The lowest BCUT2D eigenvalue weighted by molar-refractivity contribution is -0.462. The van der Waals surface area contributed by atoms with Crippen molar-refractivity contribution in [3.8, 4) is 11.4 Å². The molecular formula is C21H11F10N3O2. The van der Waals surface area contributed by atoms with Gasteiger partial charge in [-0.2, -0.15) is 43.9 Å². The van der Waals surface area contributed by atoms with Crippen molar-refractivity contribution in [3.63, 3.8) is 0 Å². The SMILES string of the molecule is O=C(Nc1cnc(-c2ccccc2)nc1C(F)(F)OC(F)(F)C(F)(F)F)c1ccc(C(F)(F)F)cc1. The highest BCUT2D eigenvalue weighted by molar-refractivity contribution is 6.04. The second kappa shape index (κ2) is 9.37. The molecule has 36 heavy (non-hydrogen) atoms. The monoisotopic (exact) mass is 527 g/mol. The molecule has 0 aliphatic heterocycles. The van der Waals surface area contributed by atoms with Crippen LogP contribution < -0.4 is 5.32 Å². The van der Waals surface area contributed by atoms with Gasteiger partial charge in [0.05, 0.1) is 17.4 Å². The van der Waals surface area contributed by atoms with Gasteiger partial charge in [-0.25, -0.2) is 14.7 Å².